The molecule has 0 saturated carbocycles. The first kappa shape index (κ1) is 10.2. The molecule has 1 unspecified atom stereocenters. The van der Waals surface area contributed by atoms with Gasteiger partial charge in [0.2, 0.25) is 5.91 Å². The predicted octanol–water partition coefficient (Wildman–Crippen LogP) is 1.59. The molecule has 0 saturated heterocycles. The molecular formula is C10H18N2O. The zero-order valence-corrected chi connectivity index (χ0v) is 8.85. The second-order valence-electron chi connectivity index (χ2n) is 4.92. The third-order valence-electron chi connectivity index (χ3n) is 2.05. The summed E-state index contributed by atoms with van der Waals surface area (Å²) >= 11 is 0. The van der Waals surface area contributed by atoms with E-state index in [1.54, 1.807) is 0 Å². The Morgan fingerprint density at radius 1 is 1.54 bits per heavy atom. The van der Waals surface area contributed by atoms with Gasteiger partial charge in [-0.1, -0.05) is 27.7 Å². The first-order valence-electron chi connectivity index (χ1n) is 4.73. The van der Waals surface area contributed by atoms with Crippen molar-refractivity contribution < 1.29 is 4.79 Å². The summed E-state index contributed by atoms with van der Waals surface area (Å²) in [4.78, 5) is 15.1. The van der Waals surface area contributed by atoms with Crippen molar-refractivity contribution >= 4 is 11.7 Å². The lowest BCUT2D eigenvalue weighted by molar-refractivity contribution is -0.117. The van der Waals surface area contributed by atoms with Crippen molar-refractivity contribution in [2.75, 3.05) is 6.54 Å². The van der Waals surface area contributed by atoms with Crippen LogP contribution in [-0.2, 0) is 4.79 Å². The average Bonchev–Trinajstić information content (AvgIpc) is 2.31. The van der Waals surface area contributed by atoms with Gasteiger partial charge in [-0.25, -0.2) is 0 Å². The first-order chi connectivity index (χ1) is 5.88. The van der Waals surface area contributed by atoms with Gasteiger partial charge in [0.1, 0.15) is 12.4 Å². The zero-order chi connectivity index (χ0) is 10.1. The second kappa shape index (κ2) is 3.48. The fraction of sp³-hybridized carbons (Fsp3) is 0.800. The number of hydrogen-bond donors (Lipinski definition) is 1. The summed E-state index contributed by atoms with van der Waals surface area (Å²) in [5.41, 5.74) is 0.287. The maximum Gasteiger partial charge on any atom is 0.247 e. The number of nitrogens with one attached hydrogen (secondary N) is 1. The molecule has 0 aromatic carbocycles. The molecule has 13 heavy (non-hydrogen) atoms. The Bertz CT molecular complexity index is 238. The second-order valence-corrected chi connectivity index (χ2v) is 4.92. The quantitative estimate of drug-likeness (QED) is 0.692. The molecule has 0 aromatic rings. The third-order valence-corrected chi connectivity index (χ3v) is 2.05. The zero-order valence-electron chi connectivity index (χ0n) is 8.85. The highest BCUT2D eigenvalue weighted by atomic mass is 16.2. The highest BCUT2D eigenvalue weighted by Crippen LogP contribution is 2.24. The van der Waals surface area contributed by atoms with Crippen molar-refractivity contribution in [3.8, 4) is 0 Å². The minimum Gasteiger partial charge on any atom is -0.313 e. The summed E-state index contributed by atoms with van der Waals surface area (Å²) in [5.74, 6) is 1.24. The number of amidine groups is 1. The number of nitrogens with zero attached hydrogens (tertiary/aromatic N) is 1. The van der Waals surface area contributed by atoms with E-state index in [9.17, 15) is 4.79 Å². The molecule has 74 valence electrons. The predicted molar refractivity (Wildman–Crippen MR) is 53.7 cm³/mol. The molecule has 0 spiro atoms. The standard InChI is InChI=1S/C10H18N2O/c1-7(5-10(2,3)4)9-11-6-8(13)12-9/h7H,5-6H2,1-4H3,(H,11,12,13). The monoisotopic (exact) mass is 182 g/mol. The van der Waals surface area contributed by atoms with Crippen LogP contribution < -0.4 is 5.32 Å². The van der Waals surface area contributed by atoms with Crippen LogP contribution in [0.4, 0.5) is 0 Å². The fourth-order valence-electron chi connectivity index (χ4n) is 1.67. The van der Waals surface area contributed by atoms with E-state index in [1.165, 1.54) is 0 Å². The number of carbonyl (C=O) groups excluding carboxylic acids is 1. The first-order valence-corrected chi connectivity index (χ1v) is 4.73. The lowest BCUT2D eigenvalue weighted by Crippen LogP contribution is -2.31. The van der Waals surface area contributed by atoms with Gasteiger partial charge in [-0.2, -0.15) is 0 Å². The summed E-state index contributed by atoms with van der Waals surface area (Å²) in [7, 11) is 0. The largest absolute Gasteiger partial charge is 0.313 e. The van der Waals surface area contributed by atoms with Crippen molar-refractivity contribution in [3.05, 3.63) is 0 Å². The van der Waals surface area contributed by atoms with Crippen LogP contribution in [0.15, 0.2) is 4.99 Å². The van der Waals surface area contributed by atoms with Crippen LogP contribution in [0.2, 0.25) is 0 Å². The van der Waals surface area contributed by atoms with Crippen molar-refractivity contribution in [1.29, 1.82) is 0 Å². The molecule has 3 heteroatoms. The molecule has 1 rings (SSSR count). The summed E-state index contributed by atoms with van der Waals surface area (Å²) in [6, 6.07) is 0. The number of hydrogen-bond acceptors (Lipinski definition) is 2. The van der Waals surface area contributed by atoms with Gasteiger partial charge in [0.25, 0.3) is 0 Å². The highest BCUT2D eigenvalue weighted by molar-refractivity contribution is 6.04. The molecule has 1 heterocycles. The molecule has 0 aliphatic carbocycles. The van der Waals surface area contributed by atoms with Gasteiger partial charge < -0.3 is 5.32 Å². The minimum absolute atomic E-state index is 0.0239. The number of carbonyl (C=O) groups is 1. The van der Waals surface area contributed by atoms with E-state index in [0.717, 1.165) is 12.3 Å². The smallest absolute Gasteiger partial charge is 0.247 e. The molecule has 0 bridgehead atoms. The molecule has 0 aromatic heterocycles. The van der Waals surface area contributed by atoms with Crippen LogP contribution in [0, 0.1) is 11.3 Å². The maximum absolute atomic E-state index is 10.9. The van der Waals surface area contributed by atoms with E-state index >= 15 is 0 Å². The maximum atomic E-state index is 10.9. The van der Waals surface area contributed by atoms with E-state index in [-0.39, 0.29) is 11.3 Å². The molecular weight excluding hydrogens is 164 g/mol. The normalized spacial score (nSPS) is 19.7. The number of aliphatic imine (C=N–C) groups is 1. The number of rotatable bonds is 2. The Kier molecular flexibility index (Phi) is 2.74. The molecule has 3 nitrogen and oxygen atoms in total. The SMILES string of the molecule is CC(CC(C)(C)C)C1=NCC(=O)N1. The van der Waals surface area contributed by atoms with E-state index in [0.29, 0.717) is 12.5 Å². The minimum atomic E-state index is 0.0239. The third kappa shape index (κ3) is 3.17. The fourth-order valence-corrected chi connectivity index (χ4v) is 1.67. The van der Waals surface area contributed by atoms with Crippen LogP contribution in [0.1, 0.15) is 34.1 Å². The van der Waals surface area contributed by atoms with E-state index in [4.69, 9.17) is 0 Å². The van der Waals surface area contributed by atoms with Crippen LogP contribution in [0.5, 0.6) is 0 Å². The Morgan fingerprint density at radius 2 is 2.15 bits per heavy atom. The summed E-state index contributed by atoms with van der Waals surface area (Å²) < 4.78 is 0. The molecule has 0 fully saturated rings. The van der Waals surface area contributed by atoms with Gasteiger partial charge in [-0.15, -0.1) is 0 Å². The molecule has 1 N–H and O–H groups in total. The Balaban J connectivity index is 2.49. The van der Waals surface area contributed by atoms with Crippen LogP contribution >= 0.6 is 0 Å². The van der Waals surface area contributed by atoms with Gasteiger partial charge in [0.05, 0.1) is 0 Å². The van der Waals surface area contributed by atoms with E-state index in [2.05, 4.69) is 38.0 Å². The van der Waals surface area contributed by atoms with E-state index in [1.807, 2.05) is 0 Å². The van der Waals surface area contributed by atoms with Crippen molar-refractivity contribution in [2.24, 2.45) is 16.3 Å². The summed E-state index contributed by atoms with van der Waals surface area (Å²) in [6.07, 6.45) is 1.05. The van der Waals surface area contributed by atoms with Gasteiger partial charge in [-0.3, -0.25) is 9.79 Å². The average molecular weight is 182 g/mol. The highest BCUT2D eigenvalue weighted by Gasteiger charge is 2.23. The lowest BCUT2D eigenvalue weighted by Gasteiger charge is -2.22. The Labute approximate surface area is 79.6 Å². The Morgan fingerprint density at radius 3 is 2.54 bits per heavy atom. The molecule has 0 radical (unpaired) electrons. The van der Waals surface area contributed by atoms with Gasteiger partial charge in [0.15, 0.2) is 0 Å². The lowest BCUT2D eigenvalue weighted by atomic mass is 9.85. The van der Waals surface area contributed by atoms with Crippen molar-refractivity contribution in [3.63, 3.8) is 0 Å². The molecule has 1 amide bonds. The van der Waals surface area contributed by atoms with Crippen molar-refractivity contribution in [1.82, 2.24) is 5.32 Å². The van der Waals surface area contributed by atoms with E-state index < -0.39 is 0 Å². The van der Waals surface area contributed by atoms with Gasteiger partial charge >= 0.3 is 0 Å². The summed E-state index contributed by atoms with van der Waals surface area (Å²) in [6.45, 7) is 9.00. The molecule has 1 aliphatic rings. The topological polar surface area (TPSA) is 41.5 Å². The summed E-state index contributed by atoms with van der Waals surface area (Å²) in [5, 5.41) is 2.79. The van der Waals surface area contributed by atoms with Gasteiger partial charge in [0, 0.05) is 5.92 Å². The molecule has 1 aliphatic heterocycles. The van der Waals surface area contributed by atoms with Crippen LogP contribution in [0.25, 0.3) is 0 Å². The number of amides is 1. The molecule has 1 atom stereocenters. The van der Waals surface area contributed by atoms with Gasteiger partial charge in [-0.05, 0) is 11.8 Å². The van der Waals surface area contributed by atoms with Crippen LogP contribution in [-0.4, -0.2) is 18.3 Å². The van der Waals surface area contributed by atoms with Crippen LogP contribution in [0.3, 0.4) is 0 Å². The van der Waals surface area contributed by atoms with Crippen molar-refractivity contribution in [2.45, 2.75) is 34.1 Å². The Hall–Kier alpha value is -0.860.